The molecule has 1 aromatic heterocycles. The Bertz CT molecular complexity index is 412. The van der Waals surface area contributed by atoms with Crippen molar-refractivity contribution in [1.82, 2.24) is 15.2 Å². The van der Waals surface area contributed by atoms with Crippen LogP contribution >= 0.6 is 0 Å². The number of likely N-dealkylation sites (N-methyl/N-ethyl adjacent to an activating group) is 1. The second kappa shape index (κ2) is 6.02. The molecule has 1 unspecified atom stereocenters. The Morgan fingerprint density at radius 2 is 2.16 bits per heavy atom. The van der Waals surface area contributed by atoms with Gasteiger partial charge in [-0.15, -0.1) is 0 Å². The first-order valence-electron chi connectivity index (χ1n) is 7.72. The first-order chi connectivity index (χ1) is 9.34. The number of hydrogen-bond acceptors (Lipinski definition) is 3. The third-order valence-electron chi connectivity index (χ3n) is 4.76. The molecule has 0 amide bonds. The van der Waals surface area contributed by atoms with E-state index in [1.54, 1.807) is 0 Å². The molecule has 1 saturated carbocycles. The highest BCUT2D eigenvalue weighted by Gasteiger charge is 2.23. The predicted molar refractivity (Wildman–Crippen MR) is 78.2 cm³/mol. The van der Waals surface area contributed by atoms with Crippen LogP contribution in [0.3, 0.4) is 0 Å². The lowest BCUT2D eigenvalue weighted by Crippen LogP contribution is -2.36. The Kier molecular flexibility index (Phi) is 4.14. The van der Waals surface area contributed by atoms with Gasteiger partial charge in [-0.3, -0.25) is 4.98 Å². The van der Waals surface area contributed by atoms with Crippen LogP contribution in [0.2, 0.25) is 0 Å². The minimum absolute atomic E-state index is 0.480. The van der Waals surface area contributed by atoms with Gasteiger partial charge in [0.25, 0.3) is 0 Å². The molecular formula is C16H25N3. The van der Waals surface area contributed by atoms with Crippen LogP contribution in [0.5, 0.6) is 0 Å². The van der Waals surface area contributed by atoms with Crippen LogP contribution in [-0.4, -0.2) is 36.1 Å². The summed E-state index contributed by atoms with van der Waals surface area (Å²) in [5.74, 6) is 0. The van der Waals surface area contributed by atoms with Crippen molar-refractivity contribution in [2.75, 3.05) is 20.1 Å². The SMILES string of the molecule is CN(CCNC1CCc2cccnc21)C1CCCC1. The van der Waals surface area contributed by atoms with E-state index in [1.807, 2.05) is 6.20 Å². The van der Waals surface area contributed by atoms with Crippen molar-refractivity contribution >= 4 is 0 Å². The van der Waals surface area contributed by atoms with E-state index in [4.69, 9.17) is 0 Å². The molecule has 1 fully saturated rings. The summed E-state index contributed by atoms with van der Waals surface area (Å²) >= 11 is 0. The number of nitrogens with zero attached hydrogens (tertiary/aromatic N) is 2. The van der Waals surface area contributed by atoms with Gasteiger partial charge >= 0.3 is 0 Å². The molecule has 3 rings (SSSR count). The van der Waals surface area contributed by atoms with Crippen molar-refractivity contribution in [3.63, 3.8) is 0 Å². The molecule has 0 radical (unpaired) electrons. The topological polar surface area (TPSA) is 28.2 Å². The van der Waals surface area contributed by atoms with Crippen LogP contribution in [0.4, 0.5) is 0 Å². The fourth-order valence-corrected chi connectivity index (χ4v) is 3.55. The fraction of sp³-hybridized carbons (Fsp3) is 0.688. The third-order valence-corrected chi connectivity index (χ3v) is 4.76. The number of rotatable bonds is 5. The molecule has 1 aromatic rings. The summed E-state index contributed by atoms with van der Waals surface area (Å²) in [4.78, 5) is 7.08. The molecule has 0 bridgehead atoms. The Hall–Kier alpha value is -0.930. The van der Waals surface area contributed by atoms with Crippen molar-refractivity contribution in [2.24, 2.45) is 0 Å². The van der Waals surface area contributed by atoms with E-state index in [-0.39, 0.29) is 0 Å². The van der Waals surface area contributed by atoms with Crippen LogP contribution in [0.25, 0.3) is 0 Å². The highest BCUT2D eigenvalue weighted by Crippen LogP contribution is 2.28. The maximum Gasteiger partial charge on any atom is 0.0605 e. The summed E-state index contributed by atoms with van der Waals surface area (Å²) in [5, 5.41) is 3.69. The van der Waals surface area contributed by atoms with E-state index in [1.165, 1.54) is 49.8 Å². The van der Waals surface area contributed by atoms with E-state index in [2.05, 4.69) is 34.4 Å². The summed E-state index contributed by atoms with van der Waals surface area (Å²) in [7, 11) is 2.28. The van der Waals surface area contributed by atoms with Gasteiger partial charge in [0, 0.05) is 25.3 Å². The van der Waals surface area contributed by atoms with Crippen LogP contribution in [0.1, 0.15) is 49.4 Å². The van der Waals surface area contributed by atoms with Gasteiger partial charge in [-0.1, -0.05) is 18.9 Å². The summed E-state index contributed by atoms with van der Waals surface area (Å²) < 4.78 is 0. The Labute approximate surface area is 116 Å². The van der Waals surface area contributed by atoms with Gasteiger partial charge in [-0.25, -0.2) is 0 Å². The molecular weight excluding hydrogens is 234 g/mol. The van der Waals surface area contributed by atoms with Crippen LogP contribution in [-0.2, 0) is 6.42 Å². The zero-order valence-electron chi connectivity index (χ0n) is 11.9. The smallest absolute Gasteiger partial charge is 0.0605 e. The average Bonchev–Trinajstić information content (AvgIpc) is 3.08. The Balaban J connectivity index is 1.46. The summed E-state index contributed by atoms with van der Waals surface area (Å²) in [6.45, 7) is 2.23. The summed E-state index contributed by atoms with van der Waals surface area (Å²) in [6.07, 6.45) is 9.93. The largest absolute Gasteiger partial charge is 0.307 e. The highest BCUT2D eigenvalue weighted by molar-refractivity contribution is 5.27. The first kappa shape index (κ1) is 13.1. The standard InChI is InChI=1S/C16H25N3/c1-19(14-6-2-3-7-14)12-11-17-15-9-8-13-5-4-10-18-16(13)15/h4-5,10,14-15,17H,2-3,6-9,11-12H2,1H3. The third kappa shape index (κ3) is 2.98. The molecule has 104 valence electrons. The molecule has 3 nitrogen and oxygen atoms in total. The lowest BCUT2D eigenvalue weighted by atomic mass is 10.2. The number of fused-ring (bicyclic) bond motifs is 1. The van der Waals surface area contributed by atoms with Gasteiger partial charge in [-0.05, 0) is 44.4 Å². The van der Waals surface area contributed by atoms with Crippen LogP contribution in [0, 0.1) is 0 Å². The molecule has 0 saturated heterocycles. The fourth-order valence-electron chi connectivity index (χ4n) is 3.55. The number of aryl methyl sites for hydroxylation is 1. The van der Waals surface area contributed by atoms with Gasteiger partial charge in [0.1, 0.15) is 0 Å². The van der Waals surface area contributed by atoms with E-state index in [9.17, 15) is 0 Å². The number of hydrogen-bond donors (Lipinski definition) is 1. The maximum absolute atomic E-state index is 4.54. The zero-order valence-corrected chi connectivity index (χ0v) is 11.9. The molecule has 1 atom stereocenters. The molecule has 1 heterocycles. The summed E-state index contributed by atoms with van der Waals surface area (Å²) in [6, 6.07) is 5.58. The normalized spacial score (nSPS) is 23.2. The maximum atomic E-state index is 4.54. The Morgan fingerprint density at radius 1 is 1.32 bits per heavy atom. The van der Waals surface area contributed by atoms with Gasteiger partial charge in [-0.2, -0.15) is 0 Å². The summed E-state index contributed by atoms with van der Waals surface area (Å²) in [5.41, 5.74) is 2.72. The minimum atomic E-state index is 0.480. The molecule has 2 aliphatic carbocycles. The van der Waals surface area contributed by atoms with Crippen molar-refractivity contribution in [2.45, 2.75) is 50.6 Å². The van der Waals surface area contributed by atoms with E-state index in [0.29, 0.717) is 6.04 Å². The van der Waals surface area contributed by atoms with E-state index >= 15 is 0 Å². The van der Waals surface area contributed by atoms with E-state index < -0.39 is 0 Å². The zero-order chi connectivity index (χ0) is 13.1. The van der Waals surface area contributed by atoms with Gasteiger partial charge in [0.2, 0.25) is 0 Å². The first-order valence-corrected chi connectivity index (χ1v) is 7.72. The van der Waals surface area contributed by atoms with Crippen molar-refractivity contribution < 1.29 is 0 Å². The van der Waals surface area contributed by atoms with Crippen molar-refractivity contribution in [3.05, 3.63) is 29.6 Å². The van der Waals surface area contributed by atoms with Gasteiger partial charge in [0.15, 0.2) is 0 Å². The molecule has 0 aliphatic heterocycles. The second-order valence-corrected chi connectivity index (χ2v) is 6.01. The number of pyridine rings is 1. The number of aromatic nitrogens is 1. The lowest BCUT2D eigenvalue weighted by Gasteiger charge is -2.25. The molecule has 0 spiro atoms. The second-order valence-electron chi connectivity index (χ2n) is 6.01. The average molecular weight is 259 g/mol. The predicted octanol–water partition coefficient (Wildman–Crippen LogP) is 2.53. The molecule has 2 aliphatic rings. The quantitative estimate of drug-likeness (QED) is 0.881. The van der Waals surface area contributed by atoms with Crippen molar-refractivity contribution in [3.8, 4) is 0 Å². The highest BCUT2D eigenvalue weighted by atomic mass is 15.1. The molecule has 3 heteroatoms. The van der Waals surface area contributed by atoms with Crippen LogP contribution < -0.4 is 5.32 Å². The molecule has 1 N–H and O–H groups in total. The minimum Gasteiger partial charge on any atom is -0.307 e. The van der Waals surface area contributed by atoms with Gasteiger partial charge < -0.3 is 10.2 Å². The Morgan fingerprint density at radius 3 is 3.00 bits per heavy atom. The monoisotopic (exact) mass is 259 g/mol. The van der Waals surface area contributed by atoms with Gasteiger partial charge in [0.05, 0.1) is 11.7 Å². The molecule has 0 aromatic carbocycles. The van der Waals surface area contributed by atoms with E-state index in [0.717, 1.165) is 19.1 Å². The molecule has 19 heavy (non-hydrogen) atoms. The van der Waals surface area contributed by atoms with Crippen molar-refractivity contribution in [1.29, 1.82) is 0 Å². The number of nitrogens with one attached hydrogen (secondary N) is 1. The lowest BCUT2D eigenvalue weighted by molar-refractivity contribution is 0.242. The van der Waals surface area contributed by atoms with Crippen LogP contribution in [0.15, 0.2) is 18.3 Å².